The van der Waals surface area contributed by atoms with Crippen LogP contribution in [-0.2, 0) is 4.79 Å². The van der Waals surface area contributed by atoms with Gasteiger partial charge in [-0.15, -0.1) is 0 Å². The number of aliphatic hydroxyl groups is 1. The molecule has 0 saturated carbocycles. The van der Waals surface area contributed by atoms with Crippen LogP contribution in [0.3, 0.4) is 0 Å². The van der Waals surface area contributed by atoms with Gasteiger partial charge in [0.15, 0.2) is 5.60 Å². The second kappa shape index (κ2) is 7.06. The molecule has 0 bridgehead atoms. The zero-order valence-electron chi connectivity index (χ0n) is 14.8. The van der Waals surface area contributed by atoms with E-state index in [-0.39, 0.29) is 5.92 Å². The molecule has 7 heteroatoms. The fraction of sp³-hybridized carbons (Fsp3) is 0.389. The van der Waals surface area contributed by atoms with Crippen LogP contribution in [0.5, 0.6) is 0 Å². The van der Waals surface area contributed by atoms with E-state index in [1.54, 1.807) is 4.68 Å². The fourth-order valence-electron chi connectivity index (χ4n) is 2.40. The van der Waals surface area contributed by atoms with Crippen molar-refractivity contribution in [2.24, 2.45) is 0 Å². The lowest BCUT2D eigenvalue weighted by Gasteiger charge is -2.18. The van der Waals surface area contributed by atoms with Gasteiger partial charge < -0.3 is 15.5 Å². The van der Waals surface area contributed by atoms with Crippen LogP contribution in [0.15, 0.2) is 30.5 Å². The molecule has 0 saturated heterocycles. The van der Waals surface area contributed by atoms with Gasteiger partial charge in [0.25, 0.3) is 5.91 Å². The molecule has 0 radical (unpaired) electrons. The molecule has 0 aliphatic heterocycles. The highest BCUT2D eigenvalue weighted by molar-refractivity contribution is 5.96. The molecule has 0 aliphatic carbocycles. The van der Waals surface area contributed by atoms with Crippen LogP contribution >= 0.6 is 0 Å². The summed E-state index contributed by atoms with van der Waals surface area (Å²) in [6, 6.07) is 7.77. The zero-order chi connectivity index (χ0) is 18.8. The first kappa shape index (κ1) is 18.7. The van der Waals surface area contributed by atoms with Crippen LogP contribution in [-0.4, -0.2) is 44.0 Å². The van der Waals surface area contributed by atoms with E-state index in [2.05, 4.69) is 10.4 Å². The molecule has 1 heterocycles. The van der Waals surface area contributed by atoms with Gasteiger partial charge in [-0.25, -0.2) is 9.48 Å². The van der Waals surface area contributed by atoms with E-state index in [0.717, 1.165) is 23.9 Å². The lowest BCUT2D eigenvalue weighted by molar-refractivity contribution is -0.155. The average Bonchev–Trinajstić information content (AvgIpc) is 2.98. The van der Waals surface area contributed by atoms with Crippen molar-refractivity contribution in [3.8, 4) is 5.69 Å². The van der Waals surface area contributed by atoms with Crippen LogP contribution in [0.2, 0.25) is 0 Å². The van der Waals surface area contributed by atoms with Gasteiger partial charge in [0.2, 0.25) is 0 Å². The predicted octanol–water partition coefficient (Wildman–Crippen LogP) is 1.87. The number of amides is 1. The normalized spacial score (nSPS) is 13.5. The summed E-state index contributed by atoms with van der Waals surface area (Å²) in [7, 11) is 0. The molecule has 1 aromatic carbocycles. The minimum atomic E-state index is -2.03. The number of hydrogen-bond donors (Lipinski definition) is 3. The van der Waals surface area contributed by atoms with Gasteiger partial charge in [-0.1, -0.05) is 31.5 Å². The highest BCUT2D eigenvalue weighted by atomic mass is 16.4. The molecule has 1 amide bonds. The highest BCUT2D eigenvalue weighted by Gasteiger charge is 2.31. The van der Waals surface area contributed by atoms with Gasteiger partial charge in [0.1, 0.15) is 0 Å². The number of aryl methyl sites for hydroxylation is 1. The summed E-state index contributed by atoms with van der Waals surface area (Å²) in [6.45, 7) is 6.63. The van der Waals surface area contributed by atoms with E-state index >= 15 is 0 Å². The van der Waals surface area contributed by atoms with E-state index in [1.165, 1.54) is 6.20 Å². The Balaban J connectivity index is 2.31. The van der Waals surface area contributed by atoms with Crippen molar-refractivity contribution in [2.45, 2.75) is 39.2 Å². The molecule has 2 aromatic rings. The Kier molecular flexibility index (Phi) is 5.27. The van der Waals surface area contributed by atoms with Crippen LogP contribution in [0.25, 0.3) is 5.69 Å². The SMILES string of the molecule is Cc1ccc(-n2ncc(C(=O)NCC(C)(O)C(=O)O)c2C(C)C)cc1. The Labute approximate surface area is 146 Å². The maximum absolute atomic E-state index is 12.5. The largest absolute Gasteiger partial charge is 0.479 e. The molecule has 0 fully saturated rings. The van der Waals surface area contributed by atoms with Crippen molar-refractivity contribution < 1.29 is 19.8 Å². The predicted molar refractivity (Wildman–Crippen MR) is 93.0 cm³/mol. The third-order valence-electron chi connectivity index (χ3n) is 3.93. The van der Waals surface area contributed by atoms with Gasteiger partial charge in [-0.3, -0.25) is 4.79 Å². The number of carboxylic acid groups (broad SMARTS) is 1. The summed E-state index contributed by atoms with van der Waals surface area (Å²) in [5.74, 6) is -1.85. The summed E-state index contributed by atoms with van der Waals surface area (Å²) in [5.41, 5.74) is 1.01. The summed E-state index contributed by atoms with van der Waals surface area (Å²) in [4.78, 5) is 23.4. The van der Waals surface area contributed by atoms with E-state index < -0.39 is 24.0 Å². The molecule has 0 spiro atoms. The molecular formula is C18H23N3O4. The van der Waals surface area contributed by atoms with Crippen LogP contribution in [0.1, 0.15) is 48.3 Å². The van der Waals surface area contributed by atoms with Gasteiger partial charge in [0, 0.05) is 0 Å². The first-order valence-electron chi connectivity index (χ1n) is 8.02. The number of carboxylic acids is 1. The number of carbonyl (C=O) groups excluding carboxylic acids is 1. The summed E-state index contributed by atoms with van der Waals surface area (Å²) >= 11 is 0. The van der Waals surface area contributed by atoms with Crippen molar-refractivity contribution in [3.05, 3.63) is 47.3 Å². The molecule has 1 atom stereocenters. The molecule has 25 heavy (non-hydrogen) atoms. The Morgan fingerprint density at radius 3 is 2.40 bits per heavy atom. The summed E-state index contributed by atoms with van der Waals surface area (Å²) < 4.78 is 1.70. The molecule has 0 aliphatic rings. The molecule has 2 rings (SSSR count). The van der Waals surface area contributed by atoms with E-state index in [1.807, 2.05) is 45.0 Å². The molecule has 1 aromatic heterocycles. The number of carbonyl (C=O) groups is 2. The van der Waals surface area contributed by atoms with Crippen molar-refractivity contribution >= 4 is 11.9 Å². The zero-order valence-corrected chi connectivity index (χ0v) is 14.8. The van der Waals surface area contributed by atoms with Crippen molar-refractivity contribution in [3.63, 3.8) is 0 Å². The van der Waals surface area contributed by atoms with Crippen molar-refractivity contribution in [2.75, 3.05) is 6.54 Å². The monoisotopic (exact) mass is 345 g/mol. The highest BCUT2D eigenvalue weighted by Crippen LogP contribution is 2.23. The van der Waals surface area contributed by atoms with Crippen LogP contribution < -0.4 is 5.32 Å². The van der Waals surface area contributed by atoms with Gasteiger partial charge in [-0.05, 0) is 31.9 Å². The number of aliphatic carboxylic acids is 1. The number of nitrogens with one attached hydrogen (secondary N) is 1. The lowest BCUT2D eigenvalue weighted by atomic mass is 10.0. The standard InChI is InChI=1S/C18H23N3O4/c1-11(2)15-14(16(22)19-10-18(4,25)17(23)24)9-20-21(15)13-7-5-12(3)6-8-13/h5-9,11,25H,10H2,1-4H3,(H,19,22)(H,23,24). The number of benzene rings is 1. The van der Waals surface area contributed by atoms with Crippen molar-refractivity contribution in [1.82, 2.24) is 15.1 Å². The molecular weight excluding hydrogens is 322 g/mol. The Morgan fingerprint density at radius 2 is 1.88 bits per heavy atom. The van der Waals surface area contributed by atoms with Gasteiger partial charge >= 0.3 is 5.97 Å². The first-order valence-corrected chi connectivity index (χ1v) is 8.02. The van der Waals surface area contributed by atoms with Crippen LogP contribution in [0.4, 0.5) is 0 Å². The van der Waals surface area contributed by atoms with Gasteiger partial charge in [-0.2, -0.15) is 5.10 Å². The molecule has 7 nitrogen and oxygen atoms in total. The Hall–Kier alpha value is -2.67. The number of nitrogens with zero attached hydrogens (tertiary/aromatic N) is 2. The average molecular weight is 345 g/mol. The number of rotatable bonds is 6. The summed E-state index contributed by atoms with van der Waals surface area (Å²) in [5, 5.41) is 25.4. The molecule has 3 N–H and O–H groups in total. The maximum Gasteiger partial charge on any atom is 0.337 e. The molecule has 134 valence electrons. The van der Waals surface area contributed by atoms with Gasteiger partial charge in [0.05, 0.1) is 29.7 Å². The topological polar surface area (TPSA) is 104 Å². The first-order chi connectivity index (χ1) is 11.6. The van der Waals surface area contributed by atoms with E-state index in [0.29, 0.717) is 5.56 Å². The lowest BCUT2D eigenvalue weighted by Crippen LogP contribution is -2.46. The second-order valence-corrected chi connectivity index (χ2v) is 6.61. The maximum atomic E-state index is 12.5. The number of aromatic nitrogens is 2. The second-order valence-electron chi connectivity index (χ2n) is 6.61. The Bertz CT molecular complexity index is 776. The van der Waals surface area contributed by atoms with E-state index in [4.69, 9.17) is 5.11 Å². The third kappa shape index (κ3) is 4.06. The quantitative estimate of drug-likeness (QED) is 0.741. The number of hydrogen-bond acceptors (Lipinski definition) is 4. The Morgan fingerprint density at radius 1 is 1.28 bits per heavy atom. The third-order valence-corrected chi connectivity index (χ3v) is 3.93. The fourth-order valence-corrected chi connectivity index (χ4v) is 2.40. The van der Waals surface area contributed by atoms with Crippen molar-refractivity contribution in [1.29, 1.82) is 0 Å². The van der Waals surface area contributed by atoms with E-state index in [9.17, 15) is 14.7 Å². The molecule has 1 unspecified atom stereocenters. The minimum absolute atomic E-state index is 0.0181. The summed E-state index contributed by atoms with van der Waals surface area (Å²) in [6.07, 6.45) is 1.46. The smallest absolute Gasteiger partial charge is 0.337 e. The van der Waals surface area contributed by atoms with Crippen LogP contribution in [0, 0.1) is 6.92 Å². The minimum Gasteiger partial charge on any atom is -0.479 e.